The number of aromatic carboxylic acids is 1. The standard InChI is InChI=1S/C11H7BrClNO2/c1-5-2-3-8-6(9(5)12)4-7(11(15)16)10(13)14-8/h2-4H,1H3,(H,15,16). The minimum atomic E-state index is -1.08. The van der Waals surface area contributed by atoms with Crippen molar-refractivity contribution in [2.75, 3.05) is 0 Å². The third-order valence-electron chi connectivity index (χ3n) is 2.31. The normalized spacial score (nSPS) is 10.7. The molecule has 0 aliphatic carbocycles. The van der Waals surface area contributed by atoms with E-state index < -0.39 is 5.97 Å². The number of rotatable bonds is 1. The highest BCUT2D eigenvalue weighted by atomic mass is 79.9. The van der Waals surface area contributed by atoms with Gasteiger partial charge in [0.25, 0.3) is 0 Å². The van der Waals surface area contributed by atoms with Crippen molar-refractivity contribution in [1.82, 2.24) is 4.98 Å². The first-order chi connectivity index (χ1) is 7.50. The minimum absolute atomic E-state index is 0.00996. The number of hydrogen-bond acceptors (Lipinski definition) is 2. The number of fused-ring (bicyclic) bond motifs is 1. The van der Waals surface area contributed by atoms with Gasteiger partial charge >= 0.3 is 5.97 Å². The SMILES string of the molecule is Cc1ccc2nc(Cl)c(C(=O)O)cc2c1Br. The summed E-state index contributed by atoms with van der Waals surface area (Å²) in [6.45, 7) is 1.93. The Morgan fingerprint density at radius 1 is 1.50 bits per heavy atom. The molecule has 0 aliphatic rings. The number of benzene rings is 1. The summed E-state index contributed by atoms with van der Waals surface area (Å²) in [5.74, 6) is -1.08. The average molecular weight is 301 g/mol. The van der Waals surface area contributed by atoms with Crippen LogP contribution in [0.4, 0.5) is 0 Å². The van der Waals surface area contributed by atoms with Crippen molar-refractivity contribution >= 4 is 44.4 Å². The van der Waals surface area contributed by atoms with Crippen LogP contribution >= 0.6 is 27.5 Å². The molecule has 2 aromatic rings. The van der Waals surface area contributed by atoms with Crippen LogP contribution in [0.25, 0.3) is 10.9 Å². The van der Waals surface area contributed by atoms with Gasteiger partial charge in [-0.15, -0.1) is 0 Å². The summed E-state index contributed by atoms with van der Waals surface area (Å²) in [5.41, 5.74) is 1.71. The molecule has 1 aromatic carbocycles. The Labute approximate surface area is 105 Å². The van der Waals surface area contributed by atoms with Gasteiger partial charge in [-0.25, -0.2) is 9.78 Å². The van der Waals surface area contributed by atoms with Gasteiger partial charge in [-0.1, -0.05) is 17.7 Å². The zero-order valence-corrected chi connectivity index (χ0v) is 10.6. The Hall–Kier alpha value is -1.13. The third-order valence-corrected chi connectivity index (χ3v) is 3.65. The molecule has 3 nitrogen and oxygen atoms in total. The lowest BCUT2D eigenvalue weighted by Crippen LogP contribution is -1.99. The Morgan fingerprint density at radius 3 is 2.81 bits per heavy atom. The zero-order chi connectivity index (χ0) is 11.9. The Balaban J connectivity index is 2.86. The summed E-state index contributed by atoms with van der Waals surface area (Å²) < 4.78 is 0.844. The van der Waals surface area contributed by atoms with Gasteiger partial charge in [0.05, 0.1) is 11.1 Å². The van der Waals surface area contributed by atoms with Crippen LogP contribution in [0.5, 0.6) is 0 Å². The number of hydrogen-bond donors (Lipinski definition) is 1. The van der Waals surface area contributed by atoms with E-state index in [4.69, 9.17) is 16.7 Å². The lowest BCUT2D eigenvalue weighted by molar-refractivity contribution is 0.0697. The van der Waals surface area contributed by atoms with Crippen LogP contribution in [-0.2, 0) is 0 Å². The molecule has 82 valence electrons. The average Bonchev–Trinajstić information content (AvgIpc) is 2.23. The van der Waals surface area contributed by atoms with Crippen LogP contribution in [0.2, 0.25) is 5.15 Å². The zero-order valence-electron chi connectivity index (χ0n) is 8.29. The summed E-state index contributed by atoms with van der Waals surface area (Å²) >= 11 is 9.20. The molecule has 0 saturated heterocycles. The first-order valence-electron chi connectivity index (χ1n) is 4.49. The number of carbonyl (C=O) groups is 1. The highest BCUT2D eigenvalue weighted by Crippen LogP contribution is 2.29. The fourth-order valence-corrected chi connectivity index (χ4v) is 2.12. The maximum absolute atomic E-state index is 10.9. The van der Waals surface area contributed by atoms with E-state index in [9.17, 15) is 4.79 Å². The smallest absolute Gasteiger partial charge is 0.338 e. The first kappa shape index (κ1) is 11.4. The molecular weight excluding hydrogens is 293 g/mol. The molecule has 0 radical (unpaired) electrons. The predicted molar refractivity (Wildman–Crippen MR) is 66.1 cm³/mol. The summed E-state index contributed by atoms with van der Waals surface area (Å²) in [6.07, 6.45) is 0. The number of carboxylic acids is 1. The maximum atomic E-state index is 10.9. The summed E-state index contributed by atoms with van der Waals surface area (Å²) in [5, 5.41) is 9.71. The minimum Gasteiger partial charge on any atom is -0.478 e. The van der Waals surface area contributed by atoms with Gasteiger partial charge in [-0.2, -0.15) is 0 Å². The van der Waals surface area contributed by atoms with Crippen molar-refractivity contribution in [3.8, 4) is 0 Å². The van der Waals surface area contributed by atoms with Crippen molar-refractivity contribution in [2.24, 2.45) is 0 Å². The molecule has 0 fully saturated rings. The monoisotopic (exact) mass is 299 g/mol. The van der Waals surface area contributed by atoms with Crippen LogP contribution in [0.3, 0.4) is 0 Å². The fourth-order valence-electron chi connectivity index (χ4n) is 1.45. The number of halogens is 2. The van der Waals surface area contributed by atoms with E-state index >= 15 is 0 Å². The number of pyridine rings is 1. The second-order valence-electron chi connectivity index (χ2n) is 3.40. The molecular formula is C11H7BrClNO2. The summed E-state index contributed by atoms with van der Waals surface area (Å²) in [4.78, 5) is 15.0. The topological polar surface area (TPSA) is 50.2 Å². The quantitative estimate of drug-likeness (QED) is 0.818. The van der Waals surface area contributed by atoms with Crippen LogP contribution in [0.15, 0.2) is 22.7 Å². The van der Waals surface area contributed by atoms with E-state index in [-0.39, 0.29) is 10.7 Å². The van der Waals surface area contributed by atoms with E-state index in [0.29, 0.717) is 5.52 Å². The van der Waals surface area contributed by atoms with Gasteiger partial charge in [0, 0.05) is 9.86 Å². The molecule has 0 bridgehead atoms. The summed E-state index contributed by atoms with van der Waals surface area (Å²) in [7, 11) is 0. The van der Waals surface area contributed by atoms with Gasteiger partial charge in [0.1, 0.15) is 5.15 Å². The molecule has 0 aliphatic heterocycles. The van der Waals surface area contributed by atoms with Crippen molar-refractivity contribution in [1.29, 1.82) is 0 Å². The molecule has 16 heavy (non-hydrogen) atoms. The van der Waals surface area contributed by atoms with E-state index in [2.05, 4.69) is 20.9 Å². The Bertz CT molecular complexity index is 598. The van der Waals surface area contributed by atoms with Crippen LogP contribution in [-0.4, -0.2) is 16.1 Å². The Kier molecular flexibility index (Phi) is 2.86. The molecule has 0 spiro atoms. The molecule has 2 rings (SSSR count). The van der Waals surface area contributed by atoms with Gasteiger partial charge < -0.3 is 5.11 Å². The largest absolute Gasteiger partial charge is 0.478 e. The third kappa shape index (κ3) is 1.79. The van der Waals surface area contributed by atoms with Crippen molar-refractivity contribution in [3.63, 3.8) is 0 Å². The fraction of sp³-hybridized carbons (Fsp3) is 0.0909. The van der Waals surface area contributed by atoms with E-state index in [1.54, 1.807) is 0 Å². The van der Waals surface area contributed by atoms with E-state index in [0.717, 1.165) is 15.4 Å². The Morgan fingerprint density at radius 2 is 2.19 bits per heavy atom. The van der Waals surface area contributed by atoms with E-state index in [1.807, 2.05) is 19.1 Å². The molecule has 1 heterocycles. The van der Waals surface area contributed by atoms with Gasteiger partial charge in [0.2, 0.25) is 0 Å². The molecule has 0 unspecified atom stereocenters. The van der Waals surface area contributed by atoms with Crippen LogP contribution < -0.4 is 0 Å². The number of aromatic nitrogens is 1. The van der Waals surface area contributed by atoms with Crippen molar-refractivity contribution < 1.29 is 9.90 Å². The van der Waals surface area contributed by atoms with Crippen LogP contribution in [0, 0.1) is 6.92 Å². The summed E-state index contributed by atoms with van der Waals surface area (Å²) in [6, 6.07) is 5.24. The van der Waals surface area contributed by atoms with Crippen molar-refractivity contribution in [2.45, 2.75) is 6.92 Å². The highest BCUT2D eigenvalue weighted by molar-refractivity contribution is 9.10. The number of nitrogens with zero attached hydrogens (tertiary/aromatic N) is 1. The highest BCUT2D eigenvalue weighted by Gasteiger charge is 2.13. The molecule has 1 aromatic heterocycles. The second-order valence-corrected chi connectivity index (χ2v) is 4.55. The van der Waals surface area contributed by atoms with Crippen LogP contribution in [0.1, 0.15) is 15.9 Å². The van der Waals surface area contributed by atoms with Gasteiger partial charge in [0.15, 0.2) is 0 Å². The first-order valence-corrected chi connectivity index (χ1v) is 5.66. The molecule has 0 atom stereocenters. The molecule has 5 heteroatoms. The van der Waals surface area contributed by atoms with Gasteiger partial charge in [-0.05, 0) is 40.5 Å². The van der Waals surface area contributed by atoms with E-state index in [1.165, 1.54) is 6.07 Å². The molecule has 0 saturated carbocycles. The molecule has 0 amide bonds. The number of carboxylic acid groups (broad SMARTS) is 1. The van der Waals surface area contributed by atoms with Gasteiger partial charge in [-0.3, -0.25) is 0 Å². The predicted octanol–water partition coefficient (Wildman–Crippen LogP) is 3.66. The lowest BCUT2D eigenvalue weighted by atomic mass is 10.1. The van der Waals surface area contributed by atoms with Crippen molar-refractivity contribution in [3.05, 3.63) is 39.0 Å². The number of aryl methyl sites for hydroxylation is 1. The maximum Gasteiger partial charge on any atom is 0.338 e. The molecule has 1 N–H and O–H groups in total. The second kappa shape index (κ2) is 4.03. The lowest BCUT2D eigenvalue weighted by Gasteiger charge is -2.06.